The molecule has 1 aromatic rings. The molecule has 3 rings (SSSR count). The second-order valence-electron chi connectivity index (χ2n) is 5.50. The van der Waals surface area contributed by atoms with E-state index in [1.54, 1.807) is 0 Å². The first-order valence-corrected chi connectivity index (χ1v) is 7.59. The lowest BCUT2D eigenvalue weighted by Crippen LogP contribution is -2.35. The van der Waals surface area contributed by atoms with E-state index in [0.717, 1.165) is 43.5 Å². The number of rotatable bonds is 3. The quantitative estimate of drug-likeness (QED) is 0.900. The number of aliphatic hydroxyl groups excluding tert-OH is 1. The Kier molecular flexibility index (Phi) is 4.34. The van der Waals surface area contributed by atoms with Gasteiger partial charge in [0.1, 0.15) is 13.2 Å². The van der Waals surface area contributed by atoms with E-state index in [1.165, 1.54) is 0 Å². The number of nitrogens with one attached hydrogen (secondary N) is 1. The summed E-state index contributed by atoms with van der Waals surface area (Å²) in [6, 6.07) is 4.28. The molecule has 1 fully saturated rings. The zero-order valence-electron chi connectivity index (χ0n) is 11.4. The van der Waals surface area contributed by atoms with Crippen molar-refractivity contribution in [3.05, 3.63) is 22.7 Å². The molecule has 0 aromatic heterocycles. The number of benzene rings is 1. The van der Waals surface area contributed by atoms with Gasteiger partial charge < -0.3 is 19.9 Å². The Morgan fingerprint density at radius 3 is 2.95 bits per heavy atom. The first-order valence-electron chi connectivity index (χ1n) is 7.22. The molecule has 4 nitrogen and oxygen atoms in total. The van der Waals surface area contributed by atoms with Crippen LogP contribution >= 0.6 is 11.6 Å². The van der Waals surface area contributed by atoms with Crippen molar-refractivity contribution in [1.29, 1.82) is 0 Å². The molecular weight excluding hydrogens is 278 g/mol. The molecular formula is C15H20ClNO3. The first-order chi connectivity index (χ1) is 9.72. The van der Waals surface area contributed by atoms with Gasteiger partial charge in [-0.3, -0.25) is 0 Å². The van der Waals surface area contributed by atoms with E-state index in [-0.39, 0.29) is 6.10 Å². The molecule has 2 atom stereocenters. The minimum absolute atomic E-state index is 0.162. The maximum absolute atomic E-state index is 9.68. The van der Waals surface area contributed by atoms with Crippen molar-refractivity contribution in [2.75, 3.05) is 13.2 Å². The van der Waals surface area contributed by atoms with Gasteiger partial charge >= 0.3 is 0 Å². The average molecular weight is 298 g/mol. The Balaban J connectivity index is 1.64. The van der Waals surface area contributed by atoms with Gasteiger partial charge in [0.15, 0.2) is 11.5 Å². The van der Waals surface area contributed by atoms with Gasteiger partial charge in [-0.1, -0.05) is 11.6 Å². The summed E-state index contributed by atoms with van der Waals surface area (Å²) in [5, 5.41) is 13.8. The minimum Gasteiger partial charge on any atom is -0.486 e. The summed E-state index contributed by atoms with van der Waals surface area (Å²) in [7, 11) is 0. The van der Waals surface area contributed by atoms with E-state index in [2.05, 4.69) is 5.32 Å². The Morgan fingerprint density at radius 1 is 1.25 bits per heavy atom. The molecule has 5 heteroatoms. The number of ether oxygens (including phenoxy) is 2. The van der Waals surface area contributed by atoms with Crippen molar-refractivity contribution >= 4 is 11.6 Å². The highest BCUT2D eigenvalue weighted by Crippen LogP contribution is 2.38. The van der Waals surface area contributed by atoms with Crippen molar-refractivity contribution in [3.63, 3.8) is 0 Å². The second-order valence-corrected chi connectivity index (χ2v) is 5.91. The fourth-order valence-electron chi connectivity index (χ4n) is 2.88. The van der Waals surface area contributed by atoms with E-state index < -0.39 is 0 Å². The summed E-state index contributed by atoms with van der Waals surface area (Å²) in [4.78, 5) is 0. The van der Waals surface area contributed by atoms with Gasteiger partial charge in [-0.2, -0.15) is 0 Å². The van der Waals surface area contributed by atoms with Crippen LogP contribution in [-0.2, 0) is 6.54 Å². The Bertz CT molecular complexity index is 480. The van der Waals surface area contributed by atoms with Crippen LogP contribution in [0.3, 0.4) is 0 Å². The minimum atomic E-state index is -0.162. The third kappa shape index (κ3) is 3.19. The SMILES string of the molecule is OC1CCCC(NCc2cc(Cl)c3c(c2)OCCO3)C1. The van der Waals surface area contributed by atoms with Crippen LogP contribution in [0, 0.1) is 0 Å². The lowest BCUT2D eigenvalue weighted by molar-refractivity contribution is 0.111. The normalized spacial score (nSPS) is 25.5. The standard InChI is InChI=1S/C15H20ClNO3/c16-13-6-10(7-14-15(13)20-5-4-19-14)9-17-11-2-1-3-12(18)8-11/h6-7,11-12,17-18H,1-5,8-9H2. The lowest BCUT2D eigenvalue weighted by atomic mass is 9.93. The molecule has 0 amide bonds. The topological polar surface area (TPSA) is 50.7 Å². The molecule has 1 heterocycles. The van der Waals surface area contributed by atoms with Gasteiger partial charge in [-0.05, 0) is 43.4 Å². The molecule has 1 aromatic carbocycles. The number of fused-ring (bicyclic) bond motifs is 1. The summed E-state index contributed by atoms with van der Waals surface area (Å²) >= 11 is 6.22. The number of hydrogen-bond acceptors (Lipinski definition) is 4. The van der Waals surface area contributed by atoms with E-state index in [0.29, 0.717) is 30.0 Å². The summed E-state index contributed by atoms with van der Waals surface area (Å²) in [6.07, 6.45) is 3.80. The Morgan fingerprint density at radius 2 is 2.10 bits per heavy atom. The summed E-state index contributed by atoms with van der Waals surface area (Å²) in [5.74, 6) is 1.37. The predicted octanol–water partition coefficient (Wildman–Crippen LogP) is 2.50. The zero-order valence-corrected chi connectivity index (χ0v) is 12.2. The number of halogens is 1. The maximum Gasteiger partial charge on any atom is 0.179 e. The van der Waals surface area contributed by atoms with Gasteiger partial charge in [0.25, 0.3) is 0 Å². The van der Waals surface area contributed by atoms with Crippen LogP contribution in [0.25, 0.3) is 0 Å². The highest BCUT2D eigenvalue weighted by atomic mass is 35.5. The lowest BCUT2D eigenvalue weighted by Gasteiger charge is -2.27. The van der Waals surface area contributed by atoms with Crippen LogP contribution < -0.4 is 14.8 Å². The Hall–Kier alpha value is -0.970. The molecule has 1 saturated carbocycles. The highest BCUT2D eigenvalue weighted by Gasteiger charge is 2.20. The molecule has 20 heavy (non-hydrogen) atoms. The largest absolute Gasteiger partial charge is 0.486 e. The van der Waals surface area contributed by atoms with Crippen LogP contribution in [0.4, 0.5) is 0 Å². The Labute approximate surface area is 124 Å². The van der Waals surface area contributed by atoms with E-state index in [9.17, 15) is 5.11 Å². The average Bonchev–Trinajstić information content (AvgIpc) is 2.45. The summed E-state index contributed by atoms with van der Waals surface area (Å²) in [6.45, 7) is 1.84. The second kappa shape index (κ2) is 6.20. The van der Waals surface area contributed by atoms with Gasteiger partial charge in [0.2, 0.25) is 0 Å². The predicted molar refractivity (Wildman–Crippen MR) is 77.5 cm³/mol. The van der Waals surface area contributed by atoms with Crippen LogP contribution in [0.15, 0.2) is 12.1 Å². The van der Waals surface area contributed by atoms with E-state index in [4.69, 9.17) is 21.1 Å². The molecule has 0 bridgehead atoms. The van der Waals surface area contributed by atoms with Gasteiger partial charge in [-0.15, -0.1) is 0 Å². The van der Waals surface area contributed by atoms with Crippen molar-refractivity contribution in [1.82, 2.24) is 5.32 Å². The van der Waals surface area contributed by atoms with Crippen molar-refractivity contribution in [3.8, 4) is 11.5 Å². The summed E-state index contributed by atoms with van der Waals surface area (Å²) in [5.41, 5.74) is 1.08. The molecule has 2 unspecified atom stereocenters. The van der Waals surface area contributed by atoms with E-state index in [1.807, 2.05) is 12.1 Å². The van der Waals surface area contributed by atoms with Crippen LogP contribution in [0.5, 0.6) is 11.5 Å². The zero-order chi connectivity index (χ0) is 13.9. The third-order valence-electron chi connectivity index (χ3n) is 3.90. The highest BCUT2D eigenvalue weighted by molar-refractivity contribution is 6.32. The molecule has 1 aliphatic carbocycles. The van der Waals surface area contributed by atoms with Gasteiger partial charge in [0, 0.05) is 12.6 Å². The van der Waals surface area contributed by atoms with Crippen LogP contribution in [-0.4, -0.2) is 30.5 Å². The fraction of sp³-hybridized carbons (Fsp3) is 0.600. The monoisotopic (exact) mass is 297 g/mol. The van der Waals surface area contributed by atoms with Crippen LogP contribution in [0.1, 0.15) is 31.2 Å². The molecule has 1 aliphatic heterocycles. The molecule has 110 valence electrons. The van der Waals surface area contributed by atoms with Gasteiger partial charge in [0.05, 0.1) is 11.1 Å². The maximum atomic E-state index is 9.68. The van der Waals surface area contributed by atoms with Crippen molar-refractivity contribution < 1.29 is 14.6 Å². The molecule has 2 aliphatic rings. The molecule has 0 saturated heterocycles. The first kappa shape index (κ1) is 14.0. The third-order valence-corrected chi connectivity index (χ3v) is 4.18. The fourth-order valence-corrected chi connectivity index (χ4v) is 3.17. The van der Waals surface area contributed by atoms with Crippen molar-refractivity contribution in [2.24, 2.45) is 0 Å². The molecule has 0 radical (unpaired) electrons. The molecule has 0 spiro atoms. The number of aliphatic hydroxyl groups is 1. The summed E-state index contributed by atoms with van der Waals surface area (Å²) < 4.78 is 11.1. The smallest absolute Gasteiger partial charge is 0.179 e. The molecule has 2 N–H and O–H groups in total. The van der Waals surface area contributed by atoms with Crippen LogP contribution in [0.2, 0.25) is 5.02 Å². The van der Waals surface area contributed by atoms with E-state index >= 15 is 0 Å². The van der Waals surface area contributed by atoms with Crippen molar-refractivity contribution in [2.45, 2.75) is 44.4 Å². The van der Waals surface area contributed by atoms with Gasteiger partial charge in [-0.25, -0.2) is 0 Å². The number of hydrogen-bond donors (Lipinski definition) is 2.